The van der Waals surface area contributed by atoms with E-state index in [0.717, 1.165) is 24.2 Å². The first-order valence-electron chi connectivity index (χ1n) is 7.34. The van der Waals surface area contributed by atoms with E-state index in [1.165, 1.54) is 16.7 Å². The monoisotopic (exact) mass is 273 g/mol. The van der Waals surface area contributed by atoms with Crippen LogP contribution in [0.4, 0.5) is 0 Å². The van der Waals surface area contributed by atoms with Crippen LogP contribution in [0.5, 0.6) is 0 Å². The number of benzene rings is 2. The lowest BCUT2D eigenvalue weighted by Gasteiger charge is -2.07. The molecule has 0 aliphatic carbocycles. The summed E-state index contributed by atoms with van der Waals surface area (Å²) >= 11 is 0. The zero-order chi connectivity index (χ0) is 14.5. The summed E-state index contributed by atoms with van der Waals surface area (Å²) in [5, 5.41) is 0. The van der Waals surface area contributed by atoms with Crippen LogP contribution in [0, 0.1) is 6.92 Å². The first-order chi connectivity index (χ1) is 10.3. The molecule has 3 aromatic rings. The third-order valence-corrected chi connectivity index (χ3v) is 3.53. The molecule has 1 heteroatoms. The highest BCUT2D eigenvalue weighted by molar-refractivity contribution is 5.29. The molecule has 0 amide bonds. The number of hydrogen-bond donors (Lipinski definition) is 0. The predicted octanol–water partition coefficient (Wildman–Crippen LogP) is 4.57. The molecule has 0 radical (unpaired) electrons. The molecule has 0 saturated carbocycles. The van der Waals surface area contributed by atoms with Gasteiger partial charge in [0, 0.05) is 24.2 Å². The Bertz CT molecular complexity index is 643. The van der Waals surface area contributed by atoms with Crippen molar-refractivity contribution in [3.05, 3.63) is 101 Å². The summed E-state index contributed by atoms with van der Waals surface area (Å²) in [7, 11) is 0. The first kappa shape index (κ1) is 13.6. The van der Waals surface area contributed by atoms with Gasteiger partial charge in [-0.2, -0.15) is 0 Å². The van der Waals surface area contributed by atoms with Crippen molar-refractivity contribution in [2.75, 3.05) is 0 Å². The highest BCUT2D eigenvalue weighted by Crippen LogP contribution is 2.13. The van der Waals surface area contributed by atoms with Gasteiger partial charge in [0.2, 0.25) is 0 Å². The Morgan fingerprint density at radius 1 is 0.667 bits per heavy atom. The fourth-order valence-electron chi connectivity index (χ4n) is 2.61. The Morgan fingerprint density at radius 3 is 1.52 bits per heavy atom. The summed E-state index contributed by atoms with van der Waals surface area (Å²) in [4.78, 5) is 4.82. The average Bonchev–Trinajstić information content (AvgIpc) is 2.48. The number of pyridine rings is 1. The smallest absolute Gasteiger partial charge is 0.0453 e. The molecule has 1 heterocycles. The van der Waals surface area contributed by atoms with Crippen LogP contribution in [0.25, 0.3) is 0 Å². The van der Waals surface area contributed by atoms with Gasteiger partial charge in [-0.05, 0) is 35.7 Å². The first-order valence-corrected chi connectivity index (χ1v) is 7.34. The van der Waals surface area contributed by atoms with E-state index in [1.54, 1.807) is 0 Å². The molecule has 2 aromatic carbocycles. The summed E-state index contributed by atoms with van der Waals surface area (Å²) in [6.45, 7) is 2.14. The number of aromatic nitrogens is 1. The number of hydrogen-bond acceptors (Lipinski definition) is 1. The molecule has 1 nitrogen and oxygen atoms in total. The summed E-state index contributed by atoms with van der Waals surface area (Å²) in [5.41, 5.74) is 6.18. The van der Waals surface area contributed by atoms with Crippen LogP contribution in [0.1, 0.15) is 28.1 Å². The van der Waals surface area contributed by atoms with Crippen LogP contribution in [-0.4, -0.2) is 4.98 Å². The molecule has 1 aromatic heterocycles. The fourth-order valence-corrected chi connectivity index (χ4v) is 2.61. The lowest BCUT2D eigenvalue weighted by Crippen LogP contribution is -1.99. The van der Waals surface area contributed by atoms with E-state index < -0.39 is 0 Å². The lowest BCUT2D eigenvalue weighted by atomic mass is 10.0. The van der Waals surface area contributed by atoms with Crippen molar-refractivity contribution in [2.45, 2.75) is 19.8 Å². The highest BCUT2D eigenvalue weighted by atomic mass is 14.7. The molecule has 0 N–H and O–H groups in total. The standard InChI is InChI=1S/C20H19N/c1-16-12-19(14-17-8-4-2-5-9-17)21-20(13-16)15-18-10-6-3-7-11-18/h2-13H,14-15H2,1H3. The average molecular weight is 273 g/mol. The molecule has 104 valence electrons. The van der Waals surface area contributed by atoms with Crippen LogP contribution in [-0.2, 0) is 12.8 Å². The second-order valence-electron chi connectivity index (χ2n) is 5.45. The molecule has 0 aliphatic rings. The Balaban J connectivity index is 1.83. The second kappa shape index (κ2) is 6.36. The summed E-state index contributed by atoms with van der Waals surface area (Å²) in [6.07, 6.45) is 1.79. The van der Waals surface area contributed by atoms with Crippen LogP contribution >= 0.6 is 0 Å². The van der Waals surface area contributed by atoms with Gasteiger partial charge >= 0.3 is 0 Å². The van der Waals surface area contributed by atoms with E-state index in [2.05, 4.69) is 67.6 Å². The Labute approximate surface area is 126 Å². The van der Waals surface area contributed by atoms with Crippen LogP contribution in [0.15, 0.2) is 72.8 Å². The predicted molar refractivity (Wildman–Crippen MR) is 87.5 cm³/mol. The maximum Gasteiger partial charge on any atom is 0.0453 e. The molecular weight excluding hydrogens is 254 g/mol. The van der Waals surface area contributed by atoms with Crippen molar-refractivity contribution in [1.82, 2.24) is 4.98 Å². The number of nitrogens with zero attached hydrogens (tertiary/aromatic N) is 1. The summed E-state index contributed by atoms with van der Waals surface area (Å²) in [5.74, 6) is 0. The van der Waals surface area contributed by atoms with Crippen molar-refractivity contribution >= 4 is 0 Å². The summed E-state index contributed by atoms with van der Waals surface area (Å²) in [6, 6.07) is 25.4. The van der Waals surface area contributed by atoms with Gasteiger partial charge in [0.25, 0.3) is 0 Å². The number of rotatable bonds is 4. The van der Waals surface area contributed by atoms with Gasteiger partial charge in [0.15, 0.2) is 0 Å². The van der Waals surface area contributed by atoms with Crippen molar-refractivity contribution < 1.29 is 0 Å². The maximum absolute atomic E-state index is 4.82. The van der Waals surface area contributed by atoms with E-state index in [0.29, 0.717) is 0 Å². The SMILES string of the molecule is Cc1cc(Cc2ccccc2)nc(Cc2ccccc2)c1. The van der Waals surface area contributed by atoms with Gasteiger partial charge in [-0.25, -0.2) is 0 Å². The van der Waals surface area contributed by atoms with E-state index in [4.69, 9.17) is 4.98 Å². The van der Waals surface area contributed by atoms with Crippen molar-refractivity contribution in [2.24, 2.45) is 0 Å². The van der Waals surface area contributed by atoms with Crippen LogP contribution in [0.2, 0.25) is 0 Å². The van der Waals surface area contributed by atoms with Crippen LogP contribution < -0.4 is 0 Å². The van der Waals surface area contributed by atoms with Crippen molar-refractivity contribution in [3.8, 4) is 0 Å². The third kappa shape index (κ3) is 3.79. The molecule has 0 spiro atoms. The fraction of sp³-hybridized carbons (Fsp3) is 0.150. The van der Waals surface area contributed by atoms with Crippen molar-refractivity contribution in [1.29, 1.82) is 0 Å². The minimum atomic E-state index is 0.893. The molecule has 0 bridgehead atoms. The van der Waals surface area contributed by atoms with Gasteiger partial charge in [-0.1, -0.05) is 60.7 Å². The van der Waals surface area contributed by atoms with E-state index in [-0.39, 0.29) is 0 Å². The molecule has 0 aliphatic heterocycles. The summed E-state index contributed by atoms with van der Waals surface area (Å²) < 4.78 is 0. The topological polar surface area (TPSA) is 12.9 Å². The minimum Gasteiger partial charge on any atom is -0.257 e. The Hall–Kier alpha value is -2.41. The molecule has 0 fully saturated rings. The van der Waals surface area contributed by atoms with Gasteiger partial charge < -0.3 is 0 Å². The molecular formula is C20H19N. The normalized spacial score (nSPS) is 10.5. The van der Waals surface area contributed by atoms with E-state index in [9.17, 15) is 0 Å². The maximum atomic E-state index is 4.82. The zero-order valence-electron chi connectivity index (χ0n) is 12.3. The van der Waals surface area contributed by atoms with Gasteiger partial charge in [0.1, 0.15) is 0 Å². The molecule has 0 atom stereocenters. The zero-order valence-corrected chi connectivity index (χ0v) is 12.3. The van der Waals surface area contributed by atoms with Crippen molar-refractivity contribution in [3.63, 3.8) is 0 Å². The van der Waals surface area contributed by atoms with Gasteiger partial charge in [0.05, 0.1) is 0 Å². The molecule has 3 rings (SSSR count). The molecule has 0 saturated heterocycles. The lowest BCUT2D eigenvalue weighted by molar-refractivity contribution is 0.983. The van der Waals surface area contributed by atoms with Crippen LogP contribution in [0.3, 0.4) is 0 Å². The Morgan fingerprint density at radius 2 is 1.10 bits per heavy atom. The van der Waals surface area contributed by atoms with E-state index in [1.807, 2.05) is 12.1 Å². The second-order valence-corrected chi connectivity index (χ2v) is 5.45. The Kier molecular flexibility index (Phi) is 4.11. The van der Waals surface area contributed by atoms with E-state index >= 15 is 0 Å². The van der Waals surface area contributed by atoms with Gasteiger partial charge in [-0.15, -0.1) is 0 Å². The molecule has 0 unspecified atom stereocenters. The molecule has 21 heavy (non-hydrogen) atoms. The third-order valence-electron chi connectivity index (χ3n) is 3.53. The highest BCUT2D eigenvalue weighted by Gasteiger charge is 2.03. The van der Waals surface area contributed by atoms with Gasteiger partial charge in [-0.3, -0.25) is 4.98 Å². The number of aryl methyl sites for hydroxylation is 1. The largest absolute Gasteiger partial charge is 0.257 e. The minimum absolute atomic E-state index is 0.893. The quantitative estimate of drug-likeness (QED) is 0.678.